The van der Waals surface area contributed by atoms with Crippen LogP contribution in [0.3, 0.4) is 0 Å². The van der Waals surface area contributed by atoms with Gasteiger partial charge in [-0.2, -0.15) is 0 Å². The number of hydrogen-bond donors (Lipinski definition) is 3. The number of carbonyl (C=O) groups is 3. The van der Waals surface area contributed by atoms with E-state index in [-0.39, 0.29) is 25.3 Å². The molecule has 0 aromatic rings. The summed E-state index contributed by atoms with van der Waals surface area (Å²) in [6.07, 6.45) is 5.49. The van der Waals surface area contributed by atoms with Gasteiger partial charge in [0.15, 0.2) is 0 Å². The zero-order valence-electron chi connectivity index (χ0n) is 12.2. The summed E-state index contributed by atoms with van der Waals surface area (Å²) in [5.74, 6) is -2.09. The van der Waals surface area contributed by atoms with E-state index in [4.69, 9.17) is 10.2 Å². The van der Waals surface area contributed by atoms with E-state index in [1.807, 2.05) is 0 Å². The maximum atomic E-state index is 12.1. The van der Waals surface area contributed by atoms with E-state index < -0.39 is 18.0 Å². The minimum atomic E-state index is -1.12. The Morgan fingerprint density at radius 1 is 1.00 bits per heavy atom. The van der Waals surface area contributed by atoms with Gasteiger partial charge in [0.1, 0.15) is 6.04 Å². The van der Waals surface area contributed by atoms with Gasteiger partial charge in [-0.25, -0.2) is 9.59 Å². The molecule has 0 unspecified atom stereocenters. The van der Waals surface area contributed by atoms with E-state index in [9.17, 15) is 14.4 Å². The minimum Gasteiger partial charge on any atom is -0.481 e. The first-order valence-electron chi connectivity index (χ1n) is 7.50. The number of likely N-dealkylation sites (tertiary alicyclic amines) is 1. The second kappa shape index (κ2) is 9.20. The highest BCUT2D eigenvalue weighted by atomic mass is 16.4. The van der Waals surface area contributed by atoms with Crippen molar-refractivity contribution in [3.05, 3.63) is 0 Å². The number of rotatable bonds is 6. The first kappa shape index (κ1) is 17.3. The number of amides is 2. The number of nitrogens with one attached hydrogen (secondary N) is 1. The van der Waals surface area contributed by atoms with Gasteiger partial charge in [0.2, 0.25) is 0 Å². The highest BCUT2D eigenvalue weighted by Gasteiger charge is 2.23. The molecule has 7 nitrogen and oxygen atoms in total. The molecule has 0 aromatic carbocycles. The summed E-state index contributed by atoms with van der Waals surface area (Å²) in [4.78, 5) is 35.4. The van der Waals surface area contributed by atoms with Crippen molar-refractivity contribution in [1.82, 2.24) is 10.2 Å². The van der Waals surface area contributed by atoms with Gasteiger partial charge < -0.3 is 20.4 Å². The number of carboxylic acids is 2. The summed E-state index contributed by atoms with van der Waals surface area (Å²) in [7, 11) is 0. The van der Waals surface area contributed by atoms with Crippen molar-refractivity contribution < 1.29 is 24.6 Å². The predicted octanol–water partition coefficient (Wildman–Crippen LogP) is 1.67. The average molecular weight is 300 g/mol. The van der Waals surface area contributed by atoms with Crippen LogP contribution in [0.15, 0.2) is 0 Å². The van der Waals surface area contributed by atoms with Crippen LogP contribution in [0.5, 0.6) is 0 Å². The number of aliphatic carboxylic acids is 2. The zero-order chi connectivity index (χ0) is 15.7. The normalized spacial score (nSPS) is 17.4. The molecule has 7 heteroatoms. The number of hydrogen-bond acceptors (Lipinski definition) is 3. The van der Waals surface area contributed by atoms with Crippen molar-refractivity contribution >= 4 is 18.0 Å². The van der Waals surface area contributed by atoms with Crippen LogP contribution in [-0.4, -0.2) is 52.2 Å². The van der Waals surface area contributed by atoms with E-state index in [1.165, 1.54) is 6.42 Å². The largest absolute Gasteiger partial charge is 0.481 e. The first-order valence-corrected chi connectivity index (χ1v) is 7.50. The Bertz CT molecular complexity index is 364. The maximum absolute atomic E-state index is 12.1. The molecule has 1 aliphatic rings. The molecule has 0 aromatic heterocycles. The highest BCUT2D eigenvalue weighted by molar-refractivity contribution is 5.82. The van der Waals surface area contributed by atoms with Gasteiger partial charge in [0.05, 0.1) is 0 Å². The molecule has 0 saturated carbocycles. The maximum Gasteiger partial charge on any atom is 0.326 e. The molecule has 0 aliphatic carbocycles. The SMILES string of the molecule is O=C(O)CCC[C@@H](NC(=O)N1CCCCCCC1)C(=O)O. The van der Waals surface area contributed by atoms with Gasteiger partial charge >= 0.3 is 18.0 Å². The van der Waals surface area contributed by atoms with Gasteiger partial charge in [-0.3, -0.25) is 4.79 Å². The summed E-state index contributed by atoms with van der Waals surface area (Å²) in [6, 6.07) is -1.39. The Morgan fingerprint density at radius 3 is 2.10 bits per heavy atom. The van der Waals surface area contributed by atoms with Crippen molar-refractivity contribution in [2.45, 2.75) is 57.4 Å². The summed E-state index contributed by atoms with van der Waals surface area (Å²) < 4.78 is 0. The van der Waals surface area contributed by atoms with Crippen LogP contribution in [0.4, 0.5) is 4.79 Å². The summed E-state index contributed by atoms with van der Waals surface area (Å²) in [5, 5.41) is 20.2. The lowest BCUT2D eigenvalue weighted by Crippen LogP contribution is -2.48. The van der Waals surface area contributed by atoms with E-state index in [0.29, 0.717) is 13.1 Å². The predicted molar refractivity (Wildman–Crippen MR) is 76.1 cm³/mol. The summed E-state index contributed by atoms with van der Waals surface area (Å²) in [6.45, 7) is 1.29. The Kier molecular flexibility index (Phi) is 7.56. The topological polar surface area (TPSA) is 107 Å². The van der Waals surface area contributed by atoms with Crippen molar-refractivity contribution in [1.29, 1.82) is 0 Å². The lowest BCUT2D eigenvalue weighted by molar-refractivity contribution is -0.140. The molecule has 1 fully saturated rings. The van der Waals surface area contributed by atoms with Crippen molar-refractivity contribution in [2.75, 3.05) is 13.1 Å². The third kappa shape index (κ3) is 6.97. The van der Waals surface area contributed by atoms with Crippen LogP contribution in [-0.2, 0) is 9.59 Å². The van der Waals surface area contributed by atoms with Gasteiger partial charge in [0, 0.05) is 19.5 Å². The number of urea groups is 1. The lowest BCUT2D eigenvalue weighted by atomic mass is 10.1. The minimum absolute atomic E-state index is 0.0939. The van der Waals surface area contributed by atoms with E-state index >= 15 is 0 Å². The average Bonchev–Trinajstić information content (AvgIpc) is 2.36. The molecular formula is C14H24N2O5. The molecule has 1 aliphatic heterocycles. The molecule has 120 valence electrons. The van der Waals surface area contributed by atoms with Crippen LogP contribution in [0, 0.1) is 0 Å². The second-order valence-corrected chi connectivity index (χ2v) is 5.38. The van der Waals surface area contributed by atoms with Crippen LogP contribution < -0.4 is 5.32 Å². The molecule has 1 saturated heterocycles. The van der Waals surface area contributed by atoms with Crippen LogP contribution in [0.1, 0.15) is 51.4 Å². The van der Waals surface area contributed by atoms with Crippen LogP contribution >= 0.6 is 0 Å². The third-order valence-electron chi connectivity index (χ3n) is 3.62. The van der Waals surface area contributed by atoms with Crippen LogP contribution in [0.25, 0.3) is 0 Å². The van der Waals surface area contributed by atoms with Crippen molar-refractivity contribution in [2.24, 2.45) is 0 Å². The third-order valence-corrected chi connectivity index (χ3v) is 3.62. The number of nitrogens with zero attached hydrogens (tertiary/aromatic N) is 1. The van der Waals surface area contributed by atoms with Crippen molar-refractivity contribution in [3.8, 4) is 0 Å². The molecule has 0 radical (unpaired) electrons. The molecule has 1 atom stereocenters. The zero-order valence-corrected chi connectivity index (χ0v) is 12.2. The Balaban J connectivity index is 2.46. The molecule has 0 spiro atoms. The molecule has 1 heterocycles. The summed E-state index contributed by atoms with van der Waals surface area (Å²) >= 11 is 0. The molecule has 2 amide bonds. The lowest BCUT2D eigenvalue weighted by Gasteiger charge is -2.26. The monoisotopic (exact) mass is 300 g/mol. The van der Waals surface area contributed by atoms with Gasteiger partial charge in [-0.05, 0) is 25.7 Å². The fourth-order valence-corrected chi connectivity index (χ4v) is 2.41. The Morgan fingerprint density at radius 2 is 1.57 bits per heavy atom. The Labute approximate surface area is 124 Å². The fraction of sp³-hybridized carbons (Fsp3) is 0.786. The molecule has 0 bridgehead atoms. The summed E-state index contributed by atoms with van der Waals surface area (Å²) in [5.41, 5.74) is 0. The van der Waals surface area contributed by atoms with Gasteiger partial charge in [-0.15, -0.1) is 0 Å². The van der Waals surface area contributed by atoms with E-state index in [0.717, 1.165) is 25.7 Å². The highest BCUT2D eigenvalue weighted by Crippen LogP contribution is 2.11. The quantitative estimate of drug-likeness (QED) is 0.691. The fourth-order valence-electron chi connectivity index (χ4n) is 2.41. The van der Waals surface area contributed by atoms with E-state index in [2.05, 4.69) is 5.32 Å². The first-order chi connectivity index (χ1) is 10.0. The standard InChI is InChI=1S/C14H24N2O5/c17-12(18)8-6-7-11(13(19)20)15-14(21)16-9-4-2-1-3-5-10-16/h11H,1-10H2,(H,15,21)(H,17,18)(H,19,20)/t11-/m1/s1. The number of carboxylic acid groups (broad SMARTS) is 2. The molecular weight excluding hydrogens is 276 g/mol. The van der Waals surface area contributed by atoms with Crippen LogP contribution in [0.2, 0.25) is 0 Å². The smallest absolute Gasteiger partial charge is 0.326 e. The molecule has 3 N–H and O–H groups in total. The number of carbonyl (C=O) groups excluding carboxylic acids is 1. The van der Waals surface area contributed by atoms with E-state index in [1.54, 1.807) is 4.90 Å². The van der Waals surface area contributed by atoms with Crippen molar-refractivity contribution in [3.63, 3.8) is 0 Å². The Hall–Kier alpha value is -1.79. The van der Waals surface area contributed by atoms with Gasteiger partial charge in [-0.1, -0.05) is 19.3 Å². The second-order valence-electron chi connectivity index (χ2n) is 5.38. The van der Waals surface area contributed by atoms with Gasteiger partial charge in [0.25, 0.3) is 0 Å². The molecule has 21 heavy (non-hydrogen) atoms. The molecule has 1 rings (SSSR count).